The summed E-state index contributed by atoms with van der Waals surface area (Å²) in [5, 5.41) is 57.3. The number of allylic oxidation sites excluding steroid dienone is 11. The Bertz CT molecular complexity index is 1710. The Morgan fingerprint density at radius 2 is 0.784 bits per heavy atom. The van der Waals surface area contributed by atoms with Gasteiger partial charge in [-0.25, -0.2) is 0 Å². The first kappa shape index (κ1) is 83.1. The number of aliphatic hydroxyl groups excluding tert-OH is 5. The van der Waals surface area contributed by atoms with Gasteiger partial charge >= 0.3 is 5.97 Å². The topological polar surface area (TPSA) is 175 Å². The van der Waals surface area contributed by atoms with Crippen molar-refractivity contribution in [2.75, 3.05) is 13.2 Å². The lowest BCUT2D eigenvalue weighted by atomic mass is 9.99. The van der Waals surface area contributed by atoms with Crippen molar-refractivity contribution < 1.29 is 49.3 Å². The van der Waals surface area contributed by atoms with Gasteiger partial charge in [0.15, 0.2) is 12.4 Å². The number of hydrogen-bond donors (Lipinski definition) is 6. The number of esters is 1. The molecule has 0 aromatic carbocycles. The number of amides is 1. The van der Waals surface area contributed by atoms with Gasteiger partial charge in [0, 0.05) is 6.42 Å². The molecular weight excluding hydrogens is 1100 g/mol. The average Bonchev–Trinajstić information content (AvgIpc) is 1.25. The van der Waals surface area contributed by atoms with Crippen LogP contribution in [0.1, 0.15) is 342 Å². The second kappa shape index (κ2) is 64.2. The van der Waals surface area contributed by atoms with Crippen LogP contribution in [0.5, 0.6) is 0 Å². The summed E-state index contributed by atoms with van der Waals surface area (Å²) in [5.74, 6) is -1.19. The summed E-state index contributed by atoms with van der Waals surface area (Å²) in [6.45, 7) is 5.78. The molecule has 88 heavy (non-hydrogen) atoms. The maximum atomic E-state index is 13.5. The molecule has 0 spiro atoms. The smallest absolute Gasteiger partial charge is 0.306 e. The second-order valence-corrected chi connectivity index (χ2v) is 25.7. The van der Waals surface area contributed by atoms with E-state index in [0.29, 0.717) is 12.8 Å². The van der Waals surface area contributed by atoms with Crippen molar-refractivity contribution in [2.45, 2.75) is 391 Å². The summed E-state index contributed by atoms with van der Waals surface area (Å²) in [5.41, 5.74) is 0. The Hall–Kier alpha value is -2.90. The van der Waals surface area contributed by atoms with Crippen molar-refractivity contribution in [3.8, 4) is 0 Å². The molecular formula is C77H139NO10. The van der Waals surface area contributed by atoms with Crippen molar-refractivity contribution in [1.29, 1.82) is 0 Å². The molecule has 11 nitrogen and oxygen atoms in total. The zero-order valence-electron chi connectivity index (χ0n) is 57.1. The second-order valence-electron chi connectivity index (χ2n) is 25.7. The molecule has 0 saturated carbocycles. The summed E-state index contributed by atoms with van der Waals surface area (Å²) >= 11 is 0. The Labute approximate surface area is 541 Å². The van der Waals surface area contributed by atoms with Crippen LogP contribution in [-0.4, -0.2) is 99.6 Å². The van der Waals surface area contributed by atoms with Gasteiger partial charge < -0.3 is 45.1 Å². The zero-order valence-corrected chi connectivity index (χ0v) is 57.1. The van der Waals surface area contributed by atoms with E-state index in [2.05, 4.69) is 86.8 Å². The minimum Gasteiger partial charge on any atom is -0.454 e. The van der Waals surface area contributed by atoms with E-state index >= 15 is 0 Å². The highest BCUT2D eigenvalue weighted by Gasteiger charge is 2.47. The van der Waals surface area contributed by atoms with E-state index in [1.54, 1.807) is 6.08 Å². The number of nitrogens with one attached hydrogen (secondary N) is 1. The van der Waals surface area contributed by atoms with Crippen molar-refractivity contribution in [3.05, 3.63) is 72.9 Å². The fraction of sp³-hybridized carbons (Fsp3) is 0.818. The molecule has 1 heterocycles. The molecule has 1 rings (SSSR count). The normalized spacial score (nSPS) is 18.6. The zero-order chi connectivity index (χ0) is 63.9. The third-order valence-electron chi connectivity index (χ3n) is 17.3. The van der Waals surface area contributed by atoms with Crippen LogP contribution in [0, 0.1) is 0 Å². The van der Waals surface area contributed by atoms with Crippen molar-refractivity contribution in [1.82, 2.24) is 5.32 Å². The first-order valence-corrected chi connectivity index (χ1v) is 37.2. The molecule has 0 bridgehead atoms. The van der Waals surface area contributed by atoms with Gasteiger partial charge in [-0.1, -0.05) is 312 Å². The van der Waals surface area contributed by atoms with Crippen LogP contribution >= 0.6 is 0 Å². The fourth-order valence-corrected chi connectivity index (χ4v) is 11.5. The lowest BCUT2D eigenvalue weighted by Gasteiger charge is -2.41. The Balaban J connectivity index is 2.54. The Morgan fingerprint density at radius 3 is 1.19 bits per heavy atom. The van der Waals surface area contributed by atoms with E-state index in [1.807, 2.05) is 6.08 Å². The SMILES string of the molecule is CCCCC/C=C\C/C=C\C/C=C\CCCCCCCCCCCCCCCC(O)C(=O)NC(COC1OC(CO)C(O)C(O)C1OC(=O)CCCCCCCCCCCCC/C=C\C/C=C\CCCCC)C(O)/C=C/CCCCCCCCCCCC. The molecule has 11 heteroatoms. The quantitative estimate of drug-likeness (QED) is 0.0195. The average molecular weight is 1240 g/mol. The maximum absolute atomic E-state index is 13.5. The Morgan fingerprint density at radius 1 is 0.443 bits per heavy atom. The molecule has 0 aromatic rings. The maximum Gasteiger partial charge on any atom is 0.306 e. The van der Waals surface area contributed by atoms with E-state index in [9.17, 15) is 35.1 Å². The number of hydrogen-bond acceptors (Lipinski definition) is 10. The minimum absolute atomic E-state index is 0.121. The lowest BCUT2D eigenvalue weighted by molar-refractivity contribution is -0.305. The first-order valence-electron chi connectivity index (χ1n) is 37.2. The van der Waals surface area contributed by atoms with Crippen LogP contribution in [0.3, 0.4) is 0 Å². The van der Waals surface area contributed by atoms with E-state index < -0.39 is 67.4 Å². The van der Waals surface area contributed by atoms with Gasteiger partial charge in [0.05, 0.1) is 25.4 Å². The first-order chi connectivity index (χ1) is 43.2. The van der Waals surface area contributed by atoms with Gasteiger partial charge in [-0.15, -0.1) is 0 Å². The van der Waals surface area contributed by atoms with Crippen LogP contribution in [0.25, 0.3) is 0 Å². The van der Waals surface area contributed by atoms with Gasteiger partial charge in [-0.3, -0.25) is 9.59 Å². The predicted octanol–water partition coefficient (Wildman–Crippen LogP) is 19.5. The van der Waals surface area contributed by atoms with E-state index in [-0.39, 0.29) is 19.4 Å². The molecule has 0 aliphatic carbocycles. The number of carbonyl (C=O) groups excluding carboxylic acids is 2. The summed E-state index contributed by atoms with van der Waals surface area (Å²) in [7, 11) is 0. The molecule has 512 valence electrons. The fourth-order valence-electron chi connectivity index (χ4n) is 11.5. The van der Waals surface area contributed by atoms with Crippen molar-refractivity contribution in [3.63, 3.8) is 0 Å². The number of rotatable bonds is 64. The number of carbonyl (C=O) groups is 2. The molecule has 1 saturated heterocycles. The molecule has 6 N–H and O–H groups in total. The molecule has 0 radical (unpaired) electrons. The highest BCUT2D eigenvalue weighted by molar-refractivity contribution is 5.80. The van der Waals surface area contributed by atoms with E-state index in [1.165, 1.54) is 218 Å². The third-order valence-corrected chi connectivity index (χ3v) is 17.3. The predicted molar refractivity (Wildman–Crippen MR) is 370 cm³/mol. The van der Waals surface area contributed by atoms with Crippen LogP contribution in [0.2, 0.25) is 0 Å². The molecule has 8 atom stereocenters. The largest absolute Gasteiger partial charge is 0.454 e. The van der Waals surface area contributed by atoms with Crippen LogP contribution in [-0.2, 0) is 23.8 Å². The molecule has 1 amide bonds. The molecule has 1 aliphatic heterocycles. The van der Waals surface area contributed by atoms with E-state index in [0.717, 1.165) is 77.0 Å². The monoisotopic (exact) mass is 1240 g/mol. The van der Waals surface area contributed by atoms with Crippen LogP contribution in [0.15, 0.2) is 72.9 Å². The van der Waals surface area contributed by atoms with Crippen LogP contribution in [0.4, 0.5) is 0 Å². The molecule has 1 aliphatic rings. The summed E-state index contributed by atoms with van der Waals surface area (Å²) in [6, 6.07) is -1.03. The lowest BCUT2D eigenvalue weighted by Crippen LogP contribution is -2.61. The molecule has 8 unspecified atom stereocenters. The van der Waals surface area contributed by atoms with Gasteiger partial charge in [-0.05, 0) is 96.3 Å². The highest BCUT2D eigenvalue weighted by Crippen LogP contribution is 2.26. The van der Waals surface area contributed by atoms with Crippen molar-refractivity contribution in [2.24, 2.45) is 0 Å². The molecule has 0 aromatic heterocycles. The van der Waals surface area contributed by atoms with Gasteiger partial charge in [0.25, 0.3) is 0 Å². The highest BCUT2D eigenvalue weighted by atomic mass is 16.7. The molecule has 1 fully saturated rings. The van der Waals surface area contributed by atoms with Gasteiger partial charge in [0.2, 0.25) is 5.91 Å². The van der Waals surface area contributed by atoms with E-state index in [4.69, 9.17) is 14.2 Å². The number of unbranched alkanes of at least 4 members (excludes halogenated alkanes) is 40. The standard InChI is InChI=1S/C77H139NO10/c1-4-7-10-13-16-19-22-25-27-29-31-33-34-35-36-37-39-40-42-44-46-49-52-55-58-61-64-70(81)76(85)78-68(69(80)63-60-57-54-51-48-24-21-18-15-12-9-6-3)67-86-77-75(74(84)73(83)71(66-79)87-77)88-72(82)65-62-59-56-53-50-47-45-43-41-38-32-30-28-26-23-20-17-14-11-8-5-2/h16-17,19-20,25-28,31,33,60,63,68-71,73-75,77,79-81,83-84H,4-15,18,21-24,29-30,32,34-59,61-62,64-67H2,1-3H3,(H,78,85)/b19-16-,20-17-,27-25-,28-26-,33-31-,63-60+. The Kier molecular flexibility index (Phi) is 60.6. The summed E-state index contributed by atoms with van der Waals surface area (Å²) in [4.78, 5) is 26.7. The summed E-state index contributed by atoms with van der Waals surface area (Å²) in [6.07, 6.45) is 73.7. The van der Waals surface area contributed by atoms with Crippen molar-refractivity contribution >= 4 is 11.9 Å². The number of ether oxygens (including phenoxy) is 3. The van der Waals surface area contributed by atoms with Crippen LogP contribution < -0.4 is 5.32 Å². The number of aliphatic hydroxyl groups is 5. The minimum atomic E-state index is -1.62. The van der Waals surface area contributed by atoms with Gasteiger partial charge in [-0.2, -0.15) is 0 Å². The van der Waals surface area contributed by atoms with Gasteiger partial charge in [0.1, 0.15) is 24.4 Å². The third kappa shape index (κ3) is 50.7. The summed E-state index contributed by atoms with van der Waals surface area (Å²) < 4.78 is 17.7.